The molecule has 1 N–H and O–H groups in total. The number of hydrazone groups is 1. The van der Waals surface area contributed by atoms with E-state index in [1.54, 1.807) is 6.21 Å². The highest BCUT2D eigenvalue weighted by atomic mass is 32.2. The highest BCUT2D eigenvalue weighted by molar-refractivity contribution is 7.99. The van der Waals surface area contributed by atoms with Gasteiger partial charge in [-0.2, -0.15) is 5.10 Å². The normalized spacial score (nSPS) is 11.4. The van der Waals surface area contributed by atoms with E-state index in [0.29, 0.717) is 5.16 Å². The van der Waals surface area contributed by atoms with Crippen molar-refractivity contribution in [3.8, 4) is 17.1 Å². The van der Waals surface area contributed by atoms with Crippen LogP contribution in [0.3, 0.4) is 0 Å². The van der Waals surface area contributed by atoms with Gasteiger partial charge in [0.15, 0.2) is 11.0 Å². The van der Waals surface area contributed by atoms with Gasteiger partial charge in [0.2, 0.25) is 0 Å². The lowest BCUT2D eigenvalue weighted by Crippen LogP contribution is -2.20. The molecule has 0 aliphatic heterocycles. The molecule has 7 heteroatoms. The minimum atomic E-state index is -0.223. The quantitative estimate of drug-likeness (QED) is 0.115. The zero-order valence-electron chi connectivity index (χ0n) is 20.4. The van der Waals surface area contributed by atoms with Crippen LogP contribution in [-0.2, 0) is 4.79 Å². The van der Waals surface area contributed by atoms with Crippen molar-refractivity contribution in [3.63, 3.8) is 0 Å². The molecular formula is C31H23N5OS. The Labute approximate surface area is 224 Å². The molecule has 0 aliphatic rings. The van der Waals surface area contributed by atoms with Crippen molar-refractivity contribution in [1.82, 2.24) is 20.2 Å². The van der Waals surface area contributed by atoms with Crippen LogP contribution in [0.2, 0.25) is 0 Å². The van der Waals surface area contributed by atoms with E-state index in [2.05, 4.69) is 51.1 Å². The number of benzene rings is 5. The van der Waals surface area contributed by atoms with Crippen LogP contribution in [0.25, 0.3) is 38.6 Å². The molecule has 0 aliphatic carbocycles. The van der Waals surface area contributed by atoms with Crippen LogP contribution in [0, 0.1) is 0 Å². The minimum Gasteiger partial charge on any atom is -0.272 e. The number of amides is 1. The number of nitrogens with one attached hydrogen (secondary N) is 1. The summed E-state index contributed by atoms with van der Waals surface area (Å²) in [5.41, 5.74) is 5.54. The van der Waals surface area contributed by atoms with Crippen molar-refractivity contribution in [2.45, 2.75) is 5.16 Å². The van der Waals surface area contributed by atoms with Gasteiger partial charge in [0.25, 0.3) is 5.91 Å². The molecule has 0 fully saturated rings. The Morgan fingerprint density at radius 1 is 0.789 bits per heavy atom. The van der Waals surface area contributed by atoms with E-state index in [9.17, 15) is 4.79 Å². The Morgan fingerprint density at radius 3 is 2.08 bits per heavy atom. The average molecular weight is 514 g/mol. The second-order valence-electron chi connectivity index (χ2n) is 8.66. The van der Waals surface area contributed by atoms with Gasteiger partial charge < -0.3 is 0 Å². The number of carbonyl (C=O) groups excluding carboxylic acids is 1. The first kappa shape index (κ1) is 23.6. The Hall–Kier alpha value is -4.75. The van der Waals surface area contributed by atoms with E-state index in [1.165, 1.54) is 11.8 Å². The van der Waals surface area contributed by atoms with Crippen LogP contribution in [0.5, 0.6) is 0 Å². The van der Waals surface area contributed by atoms with E-state index in [-0.39, 0.29) is 11.7 Å². The summed E-state index contributed by atoms with van der Waals surface area (Å²) < 4.78 is 1.97. The number of fused-ring (bicyclic) bond motifs is 2. The van der Waals surface area contributed by atoms with Gasteiger partial charge in [-0.3, -0.25) is 9.36 Å². The average Bonchev–Trinajstić information content (AvgIpc) is 3.40. The molecule has 6 nitrogen and oxygen atoms in total. The number of nitrogens with zero attached hydrogens (tertiary/aromatic N) is 4. The summed E-state index contributed by atoms with van der Waals surface area (Å²) in [5, 5.41) is 18.2. The zero-order chi connectivity index (χ0) is 25.7. The van der Waals surface area contributed by atoms with E-state index in [4.69, 9.17) is 0 Å². The fraction of sp³-hybridized carbons (Fsp3) is 0.0323. The van der Waals surface area contributed by atoms with E-state index in [1.807, 2.05) is 89.5 Å². The maximum absolute atomic E-state index is 12.8. The Morgan fingerprint density at radius 2 is 1.39 bits per heavy atom. The van der Waals surface area contributed by atoms with E-state index < -0.39 is 0 Å². The molecule has 5 aromatic carbocycles. The third-order valence-electron chi connectivity index (χ3n) is 6.21. The SMILES string of the molecule is O=C(CSc1nnc(-c2ccccc2)n1-c1ccccc1)N/N=C/c1c2ccccc2cc2ccccc12. The van der Waals surface area contributed by atoms with Crippen molar-refractivity contribution in [1.29, 1.82) is 0 Å². The van der Waals surface area contributed by atoms with Crippen LogP contribution in [0.4, 0.5) is 0 Å². The fourth-order valence-electron chi connectivity index (χ4n) is 4.47. The second-order valence-corrected chi connectivity index (χ2v) is 9.60. The van der Waals surface area contributed by atoms with E-state index in [0.717, 1.165) is 44.2 Å². The van der Waals surface area contributed by atoms with Gasteiger partial charge in [-0.05, 0) is 39.7 Å². The van der Waals surface area contributed by atoms with Gasteiger partial charge >= 0.3 is 0 Å². The Bertz CT molecular complexity index is 1710. The summed E-state index contributed by atoms with van der Waals surface area (Å²) in [7, 11) is 0. The van der Waals surface area contributed by atoms with Gasteiger partial charge in [-0.1, -0.05) is 109 Å². The van der Waals surface area contributed by atoms with Crippen LogP contribution >= 0.6 is 11.8 Å². The van der Waals surface area contributed by atoms with Crippen molar-refractivity contribution in [2.24, 2.45) is 5.10 Å². The molecule has 0 saturated heterocycles. The van der Waals surface area contributed by atoms with Gasteiger partial charge in [-0.15, -0.1) is 10.2 Å². The van der Waals surface area contributed by atoms with Crippen LogP contribution in [-0.4, -0.2) is 32.6 Å². The predicted octanol–water partition coefficient (Wildman–Crippen LogP) is 6.48. The third-order valence-corrected chi connectivity index (χ3v) is 7.14. The number of hydrogen-bond donors (Lipinski definition) is 1. The molecule has 0 radical (unpaired) electrons. The summed E-state index contributed by atoms with van der Waals surface area (Å²) in [6.07, 6.45) is 1.73. The largest absolute Gasteiger partial charge is 0.272 e. The second kappa shape index (κ2) is 10.7. The monoisotopic (exact) mass is 513 g/mol. The number of aromatic nitrogens is 3. The number of rotatable bonds is 7. The van der Waals surface area contributed by atoms with Crippen LogP contribution < -0.4 is 5.43 Å². The molecule has 6 aromatic rings. The molecule has 6 rings (SSSR count). The minimum absolute atomic E-state index is 0.146. The van der Waals surface area contributed by atoms with Gasteiger partial charge in [0.1, 0.15) is 0 Å². The highest BCUT2D eigenvalue weighted by Gasteiger charge is 2.17. The molecule has 0 saturated carbocycles. The standard InChI is InChI=1S/C31H23N5OS/c37-29(33-32-20-28-26-17-9-7-13-23(26)19-24-14-8-10-18-27(24)28)21-38-31-35-34-30(22-11-3-1-4-12-22)36(31)25-15-5-2-6-16-25/h1-20H,21H2,(H,33,37)/b32-20+. The fourth-order valence-corrected chi connectivity index (χ4v) is 5.21. The molecule has 0 unspecified atom stereocenters. The summed E-state index contributed by atoms with van der Waals surface area (Å²) in [5.74, 6) is 0.646. The Balaban J connectivity index is 1.22. The maximum atomic E-state index is 12.8. The topological polar surface area (TPSA) is 72.2 Å². The van der Waals surface area contributed by atoms with Gasteiger partial charge in [0, 0.05) is 16.8 Å². The number of para-hydroxylation sites is 1. The first-order valence-corrected chi connectivity index (χ1v) is 13.2. The van der Waals surface area contributed by atoms with Gasteiger partial charge in [0.05, 0.1) is 12.0 Å². The molecule has 0 spiro atoms. The lowest BCUT2D eigenvalue weighted by atomic mass is 9.97. The Kier molecular flexibility index (Phi) is 6.66. The van der Waals surface area contributed by atoms with Crippen molar-refractivity contribution in [3.05, 3.63) is 121 Å². The smallest absolute Gasteiger partial charge is 0.250 e. The van der Waals surface area contributed by atoms with Gasteiger partial charge in [-0.25, -0.2) is 5.43 Å². The molecule has 0 bridgehead atoms. The highest BCUT2D eigenvalue weighted by Crippen LogP contribution is 2.29. The first-order valence-electron chi connectivity index (χ1n) is 12.2. The molecule has 38 heavy (non-hydrogen) atoms. The first-order chi connectivity index (χ1) is 18.8. The summed E-state index contributed by atoms with van der Waals surface area (Å²) in [4.78, 5) is 12.8. The molecule has 0 atom stereocenters. The number of thioether (sulfide) groups is 1. The summed E-state index contributed by atoms with van der Waals surface area (Å²) >= 11 is 1.32. The van der Waals surface area contributed by atoms with Crippen molar-refractivity contribution in [2.75, 3.05) is 5.75 Å². The van der Waals surface area contributed by atoms with Crippen LogP contribution in [0.15, 0.2) is 126 Å². The third kappa shape index (κ3) is 4.79. The lowest BCUT2D eigenvalue weighted by Gasteiger charge is -2.10. The summed E-state index contributed by atoms with van der Waals surface area (Å²) in [6.45, 7) is 0. The molecule has 1 amide bonds. The molecular weight excluding hydrogens is 490 g/mol. The van der Waals surface area contributed by atoms with Crippen LogP contribution in [0.1, 0.15) is 5.56 Å². The predicted molar refractivity (Wildman–Crippen MR) is 155 cm³/mol. The van der Waals surface area contributed by atoms with Crippen molar-refractivity contribution >= 4 is 45.4 Å². The summed E-state index contributed by atoms with van der Waals surface area (Å²) in [6, 6.07) is 38.3. The molecule has 1 aromatic heterocycles. The van der Waals surface area contributed by atoms with E-state index >= 15 is 0 Å². The molecule has 1 heterocycles. The zero-order valence-corrected chi connectivity index (χ0v) is 21.2. The lowest BCUT2D eigenvalue weighted by molar-refractivity contribution is -0.118. The number of carbonyl (C=O) groups is 1. The maximum Gasteiger partial charge on any atom is 0.250 e. The molecule has 184 valence electrons. The number of hydrogen-bond acceptors (Lipinski definition) is 5. The van der Waals surface area contributed by atoms with Crippen molar-refractivity contribution < 1.29 is 4.79 Å².